The van der Waals surface area contributed by atoms with Gasteiger partial charge in [0.15, 0.2) is 0 Å². The van der Waals surface area contributed by atoms with Gasteiger partial charge in [-0.2, -0.15) is 0 Å². The molecule has 5 nitrogen and oxygen atoms in total. The Bertz CT molecular complexity index is 400. The summed E-state index contributed by atoms with van der Waals surface area (Å²) in [6, 6.07) is 1.75. The number of nitrogens with two attached hydrogens (primary N) is 1. The van der Waals surface area contributed by atoms with Crippen molar-refractivity contribution in [2.45, 2.75) is 6.92 Å². The third kappa shape index (κ3) is 2.14. The number of primary amides is 1. The molecule has 1 aromatic rings. The van der Waals surface area contributed by atoms with E-state index in [4.69, 9.17) is 10.5 Å². The second kappa shape index (κ2) is 4.49. The van der Waals surface area contributed by atoms with Gasteiger partial charge in [0, 0.05) is 24.8 Å². The molecule has 0 aliphatic carbocycles. The zero-order valence-electron chi connectivity index (χ0n) is 9.27. The average Bonchev–Trinajstić information content (AvgIpc) is 2.30. The highest BCUT2D eigenvalue weighted by Gasteiger charge is 2.14. The van der Waals surface area contributed by atoms with Gasteiger partial charge in [0.05, 0.1) is 13.2 Å². The minimum atomic E-state index is -0.408. The van der Waals surface area contributed by atoms with Crippen molar-refractivity contribution in [2.75, 3.05) is 31.2 Å². The number of rotatable bonds is 2. The first-order valence-electron chi connectivity index (χ1n) is 5.27. The van der Waals surface area contributed by atoms with Gasteiger partial charge in [0.25, 0.3) is 0 Å². The number of ether oxygens (including phenoxy) is 1. The molecule has 1 saturated heterocycles. The molecular formula is C11H15N3O2. The molecule has 1 aliphatic heterocycles. The summed E-state index contributed by atoms with van der Waals surface area (Å²) < 4.78 is 5.26. The van der Waals surface area contributed by atoms with Crippen LogP contribution in [0.25, 0.3) is 0 Å². The minimum Gasteiger partial charge on any atom is -0.378 e. The van der Waals surface area contributed by atoms with Crippen LogP contribution in [0.3, 0.4) is 0 Å². The second-order valence-electron chi connectivity index (χ2n) is 3.82. The van der Waals surface area contributed by atoms with Crippen LogP contribution >= 0.6 is 0 Å². The zero-order chi connectivity index (χ0) is 11.5. The normalized spacial score (nSPS) is 16.2. The number of amides is 1. The number of aromatic nitrogens is 1. The van der Waals surface area contributed by atoms with Crippen molar-refractivity contribution in [3.8, 4) is 0 Å². The molecule has 1 aromatic heterocycles. The lowest BCUT2D eigenvalue weighted by Crippen LogP contribution is -2.37. The Kier molecular flexibility index (Phi) is 3.05. The summed E-state index contributed by atoms with van der Waals surface area (Å²) >= 11 is 0. The van der Waals surface area contributed by atoms with E-state index < -0.39 is 5.91 Å². The van der Waals surface area contributed by atoms with Crippen molar-refractivity contribution < 1.29 is 9.53 Å². The van der Waals surface area contributed by atoms with E-state index >= 15 is 0 Å². The topological polar surface area (TPSA) is 68.5 Å². The van der Waals surface area contributed by atoms with Crippen LogP contribution in [0.5, 0.6) is 0 Å². The van der Waals surface area contributed by atoms with E-state index in [-0.39, 0.29) is 0 Å². The van der Waals surface area contributed by atoms with E-state index in [2.05, 4.69) is 9.88 Å². The Labute approximate surface area is 94.2 Å². The molecule has 0 radical (unpaired) electrons. The van der Waals surface area contributed by atoms with E-state index in [1.807, 2.05) is 6.92 Å². The van der Waals surface area contributed by atoms with E-state index in [9.17, 15) is 4.79 Å². The molecule has 16 heavy (non-hydrogen) atoms. The van der Waals surface area contributed by atoms with Gasteiger partial charge < -0.3 is 15.4 Å². The quantitative estimate of drug-likeness (QED) is 0.781. The first kappa shape index (κ1) is 10.9. The molecule has 2 rings (SSSR count). The number of hydrogen-bond donors (Lipinski definition) is 1. The zero-order valence-corrected chi connectivity index (χ0v) is 9.27. The predicted octanol–water partition coefficient (Wildman–Crippen LogP) is 0.326. The maximum Gasteiger partial charge on any atom is 0.249 e. The molecular weight excluding hydrogens is 206 g/mol. The van der Waals surface area contributed by atoms with Crippen LogP contribution in [0.15, 0.2) is 12.3 Å². The van der Waals surface area contributed by atoms with Gasteiger partial charge in [0.2, 0.25) is 5.91 Å². The highest BCUT2D eigenvalue weighted by atomic mass is 16.5. The molecule has 1 aliphatic rings. The van der Waals surface area contributed by atoms with Crippen molar-refractivity contribution in [1.82, 2.24) is 4.98 Å². The number of carbonyl (C=O) groups is 1. The summed E-state index contributed by atoms with van der Waals surface area (Å²) in [6.07, 6.45) is 1.69. The number of hydrogen-bond acceptors (Lipinski definition) is 4. The molecule has 1 amide bonds. The molecule has 0 bridgehead atoms. The third-order valence-electron chi connectivity index (χ3n) is 2.69. The SMILES string of the molecule is Cc1cnc(N2CCOCC2)cc1C(N)=O. The predicted molar refractivity (Wildman–Crippen MR) is 60.5 cm³/mol. The van der Waals surface area contributed by atoms with Crippen molar-refractivity contribution in [3.05, 3.63) is 23.4 Å². The molecule has 5 heteroatoms. The minimum absolute atomic E-state index is 0.408. The molecule has 0 unspecified atom stereocenters. The highest BCUT2D eigenvalue weighted by Crippen LogP contribution is 2.16. The summed E-state index contributed by atoms with van der Waals surface area (Å²) in [4.78, 5) is 17.6. The number of nitrogens with zero attached hydrogens (tertiary/aromatic N) is 2. The number of morpholine rings is 1. The van der Waals surface area contributed by atoms with Crippen LogP contribution in [0.4, 0.5) is 5.82 Å². The van der Waals surface area contributed by atoms with Gasteiger partial charge in [-0.15, -0.1) is 0 Å². The van der Waals surface area contributed by atoms with E-state index in [1.165, 1.54) is 0 Å². The van der Waals surface area contributed by atoms with Crippen LogP contribution in [0.1, 0.15) is 15.9 Å². The van der Waals surface area contributed by atoms with Crippen molar-refractivity contribution >= 4 is 11.7 Å². The smallest absolute Gasteiger partial charge is 0.249 e. The van der Waals surface area contributed by atoms with Gasteiger partial charge in [-0.05, 0) is 18.6 Å². The fraction of sp³-hybridized carbons (Fsp3) is 0.455. The molecule has 0 spiro atoms. The van der Waals surface area contributed by atoms with Gasteiger partial charge in [-0.3, -0.25) is 4.79 Å². The highest BCUT2D eigenvalue weighted by molar-refractivity contribution is 5.94. The first-order chi connectivity index (χ1) is 7.68. The van der Waals surface area contributed by atoms with E-state index in [0.717, 1.165) is 24.5 Å². The number of anilines is 1. The monoisotopic (exact) mass is 221 g/mol. The molecule has 0 saturated carbocycles. The molecule has 0 aromatic carbocycles. The second-order valence-corrected chi connectivity index (χ2v) is 3.82. The maximum absolute atomic E-state index is 11.2. The van der Waals surface area contributed by atoms with Crippen LogP contribution in [-0.2, 0) is 4.74 Å². The Hall–Kier alpha value is -1.62. The Morgan fingerprint density at radius 1 is 1.50 bits per heavy atom. The Balaban J connectivity index is 2.27. The fourth-order valence-electron chi connectivity index (χ4n) is 1.74. The van der Waals surface area contributed by atoms with Gasteiger partial charge in [0.1, 0.15) is 5.82 Å². The molecule has 2 N–H and O–H groups in total. The summed E-state index contributed by atoms with van der Waals surface area (Å²) in [5.74, 6) is 0.386. The third-order valence-corrected chi connectivity index (χ3v) is 2.69. The van der Waals surface area contributed by atoms with E-state index in [0.29, 0.717) is 18.8 Å². The first-order valence-corrected chi connectivity index (χ1v) is 5.27. The molecule has 86 valence electrons. The summed E-state index contributed by atoms with van der Waals surface area (Å²) in [6.45, 7) is 4.82. The van der Waals surface area contributed by atoms with Crippen molar-refractivity contribution in [3.63, 3.8) is 0 Å². The lowest BCUT2D eigenvalue weighted by molar-refractivity contribution is 0.0999. The van der Waals surface area contributed by atoms with Crippen LogP contribution in [0, 0.1) is 6.92 Å². The van der Waals surface area contributed by atoms with Crippen molar-refractivity contribution in [2.24, 2.45) is 5.73 Å². The van der Waals surface area contributed by atoms with E-state index in [1.54, 1.807) is 12.3 Å². The van der Waals surface area contributed by atoms with Gasteiger partial charge >= 0.3 is 0 Å². The van der Waals surface area contributed by atoms with Gasteiger partial charge in [-0.25, -0.2) is 4.98 Å². The Morgan fingerprint density at radius 3 is 2.81 bits per heavy atom. The number of carbonyl (C=O) groups excluding carboxylic acids is 1. The fourth-order valence-corrected chi connectivity index (χ4v) is 1.74. The summed E-state index contributed by atoms with van der Waals surface area (Å²) in [5, 5.41) is 0. The average molecular weight is 221 g/mol. The molecule has 1 fully saturated rings. The molecule has 0 atom stereocenters. The summed E-state index contributed by atoms with van der Waals surface area (Å²) in [5.41, 5.74) is 6.65. The summed E-state index contributed by atoms with van der Waals surface area (Å²) in [7, 11) is 0. The number of pyridine rings is 1. The van der Waals surface area contributed by atoms with Crippen molar-refractivity contribution in [1.29, 1.82) is 0 Å². The van der Waals surface area contributed by atoms with Gasteiger partial charge in [-0.1, -0.05) is 0 Å². The standard InChI is InChI=1S/C11H15N3O2/c1-8-7-13-10(6-9(8)11(12)15)14-2-4-16-5-3-14/h6-7H,2-5H2,1H3,(H2,12,15). The Morgan fingerprint density at radius 2 is 2.19 bits per heavy atom. The van der Waals surface area contributed by atoms with Crippen LogP contribution < -0.4 is 10.6 Å². The maximum atomic E-state index is 11.2. The lowest BCUT2D eigenvalue weighted by Gasteiger charge is -2.28. The number of aryl methyl sites for hydroxylation is 1. The lowest BCUT2D eigenvalue weighted by atomic mass is 10.1. The van der Waals surface area contributed by atoms with Crippen LogP contribution in [0.2, 0.25) is 0 Å². The largest absolute Gasteiger partial charge is 0.378 e. The molecule has 2 heterocycles. The van der Waals surface area contributed by atoms with Crippen LogP contribution in [-0.4, -0.2) is 37.2 Å².